The lowest BCUT2D eigenvalue weighted by Crippen LogP contribution is -2.45. The van der Waals surface area contributed by atoms with Crippen LogP contribution in [0, 0.1) is 5.92 Å². The molecule has 0 spiro atoms. The predicted octanol–water partition coefficient (Wildman–Crippen LogP) is 2.85. The summed E-state index contributed by atoms with van der Waals surface area (Å²) < 4.78 is 2.10. The zero-order valence-corrected chi connectivity index (χ0v) is 14.1. The van der Waals surface area contributed by atoms with Gasteiger partial charge in [-0.1, -0.05) is 20.8 Å². The summed E-state index contributed by atoms with van der Waals surface area (Å²) >= 11 is 1.56. The molecule has 1 saturated carbocycles. The molecule has 0 saturated heterocycles. The second-order valence-corrected chi connectivity index (χ2v) is 7.91. The van der Waals surface area contributed by atoms with Crippen LogP contribution in [0.25, 0.3) is 0 Å². The van der Waals surface area contributed by atoms with Gasteiger partial charge in [-0.3, -0.25) is 4.79 Å². The molecule has 1 aliphatic carbocycles. The first-order chi connectivity index (χ1) is 10.4. The van der Waals surface area contributed by atoms with Crippen LogP contribution in [0.15, 0.2) is 24.1 Å². The summed E-state index contributed by atoms with van der Waals surface area (Å²) in [6, 6.07) is 0.279. The molecule has 0 atom stereocenters. The smallest absolute Gasteiger partial charge is 0.270 e. The summed E-state index contributed by atoms with van der Waals surface area (Å²) in [6.07, 6.45) is 7.68. The zero-order valence-electron chi connectivity index (χ0n) is 13.2. The van der Waals surface area contributed by atoms with Gasteiger partial charge in [0.1, 0.15) is 5.69 Å². The molecule has 5 nitrogen and oxygen atoms in total. The van der Waals surface area contributed by atoms with E-state index in [1.165, 1.54) is 0 Å². The van der Waals surface area contributed by atoms with Crippen molar-refractivity contribution in [3.63, 3.8) is 0 Å². The van der Waals surface area contributed by atoms with Crippen LogP contribution >= 0.6 is 11.3 Å². The lowest BCUT2D eigenvalue weighted by molar-refractivity contribution is 0.0877. The fourth-order valence-electron chi connectivity index (χ4n) is 2.68. The van der Waals surface area contributed by atoms with Gasteiger partial charge in [0.2, 0.25) is 0 Å². The molecule has 0 aromatic carbocycles. The normalized spacial score (nSPS) is 21.4. The topological polar surface area (TPSA) is 59.8 Å². The van der Waals surface area contributed by atoms with Gasteiger partial charge in [0.25, 0.3) is 5.91 Å². The van der Waals surface area contributed by atoms with Crippen LogP contribution in [-0.4, -0.2) is 26.5 Å². The molecule has 1 aliphatic rings. The monoisotopic (exact) mass is 318 g/mol. The summed E-state index contributed by atoms with van der Waals surface area (Å²) in [6.45, 7) is 7.32. The van der Waals surface area contributed by atoms with Gasteiger partial charge in [0.15, 0.2) is 0 Å². The van der Waals surface area contributed by atoms with Crippen molar-refractivity contribution in [2.24, 2.45) is 5.92 Å². The van der Waals surface area contributed by atoms with Gasteiger partial charge in [-0.15, -0.1) is 11.3 Å². The average Bonchev–Trinajstić information content (AvgIpc) is 3.06. The minimum atomic E-state index is -0.0437. The lowest BCUT2D eigenvalue weighted by Gasteiger charge is -2.35. The SMILES string of the molecule is CC(C)(C)c1nc(C(=O)NC2CC(Cn3ccnc3)C2)cs1. The fraction of sp³-hybridized carbons (Fsp3) is 0.562. The summed E-state index contributed by atoms with van der Waals surface area (Å²) in [5, 5.41) is 5.95. The largest absolute Gasteiger partial charge is 0.348 e. The third kappa shape index (κ3) is 3.38. The molecule has 2 heterocycles. The maximum atomic E-state index is 12.2. The lowest BCUT2D eigenvalue weighted by atomic mass is 9.80. The molecule has 118 valence electrons. The van der Waals surface area contributed by atoms with Crippen molar-refractivity contribution in [1.29, 1.82) is 0 Å². The highest BCUT2D eigenvalue weighted by Crippen LogP contribution is 2.30. The number of aromatic nitrogens is 3. The van der Waals surface area contributed by atoms with E-state index >= 15 is 0 Å². The van der Waals surface area contributed by atoms with Gasteiger partial charge in [0, 0.05) is 35.8 Å². The van der Waals surface area contributed by atoms with E-state index in [0.29, 0.717) is 11.6 Å². The van der Waals surface area contributed by atoms with Crippen molar-refractivity contribution in [2.45, 2.75) is 51.6 Å². The van der Waals surface area contributed by atoms with Crippen molar-refractivity contribution in [1.82, 2.24) is 19.9 Å². The quantitative estimate of drug-likeness (QED) is 0.943. The number of carbonyl (C=O) groups excluding carboxylic acids is 1. The Morgan fingerprint density at radius 2 is 2.23 bits per heavy atom. The van der Waals surface area contributed by atoms with E-state index in [1.54, 1.807) is 17.5 Å². The summed E-state index contributed by atoms with van der Waals surface area (Å²) in [5.41, 5.74) is 0.545. The number of hydrogen-bond donors (Lipinski definition) is 1. The van der Waals surface area contributed by atoms with Crippen LogP contribution in [0.3, 0.4) is 0 Å². The molecule has 3 rings (SSSR count). The predicted molar refractivity (Wildman–Crippen MR) is 87.0 cm³/mol. The Hall–Kier alpha value is -1.69. The highest BCUT2D eigenvalue weighted by Gasteiger charge is 2.31. The van der Waals surface area contributed by atoms with Crippen molar-refractivity contribution in [3.8, 4) is 0 Å². The molecule has 22 heavy (non-hydrogen) atoms. The summed E-state index contributed by atoms with van der Waals surface area (Å²) in [4.78, 5) is 20.7. The number of carbonyl (C=O) groups is 1. The highest BCUT2D eigenvalue weighted by atomic mass is 32.1. The minimum Gasteiger partial charge on any atom is -0.348 e. The molecule has 1 N–H and O–H groups in total. The van der Waals surface area contributed by atoms with E-state index in [9.17, 15) is 4.79 Å². The second kappa shape index (κ2) is 5.83. The van der Waals surface area contributed by atoms with E-state index < -0.39 is 0 Å². The van der Waals surface area contributed by atoms with Gasteiger partial charge in [-0.25, -0.2) is 9.97 Å². The van der Waals surface area contributed by atoms with Crippen molar-refractivity contribution < 1.29 is 4.79 Å². The van der Waals surface area contributed by atoms with Gasteiger partial charge in [-0.05, 0) is 18.8 Å². The first-order valence-corrected chi connectivity index (χ1v) is 8.52. The molecule has 0 radical (unpaired) electrons. The molecule has 6 heteroatoms. The van der Waals surface area contributed by atoms with Gasteiger partial charge in [0.05, 0.1) is 11.3 Å². The van der Waals surface area contributed by atoms with E-state index in [2.05, 4.69) is 40.6 Å². The van der Waals surface area contributed by atoms with Gasteiger partial charge < -0.3 is 9.88 Å². The van der Waals surface area contributed by atoms with E-state index in [-0.39, 0.29) is 17.4 Å². The van der Waals surface area contributed by atoms with Crippen LogP contribution in [0.5, 0.6) is 0 Å². The maximum Gasteiger partial charge on any atom is 0.270 e. The van der Waals surface area contributed by atoms with E-state index in [1.807, 2.05) is 17.9 Å². The Labute approximate surface area is 134 Å². The van der Waals surface area contributed by atoms with Crippen LogP contribution in [0.1, 0.15) is 49.1 Å². The molecule has 2 aromatic heterocycles. The van der Waals surface area contributed by atoms with Crippen LogP contribution in [0.4, 0.5) is 0 Å². The molecule has 2 aromatic rings. The molecule has 0 aliphatic heterocycles. The molecule has 0 unspecified atom stereocenters. The first-order valence-electron chi connectivity index (χ1n) is 7.64. The van der Waals surface area contributed by atoms with Crippen molar-refractivity contribution in [3.05, 3.63) is 34.8 Å². The molecular formula is C16H22N4OS. The Kier molecular flexibility index (Phi) is 4.04. The summed E-state index contributed by atoms with van der Waals surface area (Å²) in [5.74, 6) is 0.581. The number of imidazole rings is 1. The minimum absolute atomic E-state index is 0.00440. The van der Waals surface area contributed by atoms with Crippen LogP contribution < -0.4 is 5.32 Å². The van der Waals surface area contributed by atoms with Crippen molar-refractivity contribution >= 4 is 17.2 Å². The Balaban J connectivity index is 1.48. The molecule has 0 bridgehead atoms. The Morgan fingerprint density at radius 1 is 1.45 bits per heavy atom. The number of thiazole rings is 1. The number of amides is 1. The Bertz CT molecular complexity index is 635. The Morgan fingerprint density at radius 3 is 2.82 bits per heavy atom. The fourth-order valence-corrected chi connectivity index (χ4v) is 3.56. The molecule has 1 amide bonds. The summed E-state index contributed by atoms with van der Waals surface area (Å²) in [7, 11) is 0. The number of nitrogens with zero attached hydrogens (tertiary/aromatic N) is 3. The van der Waals surface area contributed by atoms with Gasteiger partial charge in [-0.2, -0.15) is 0 Å². The number of nitrogens with one attached hydrogen (secondary N) is 1. The van der Waals surface area contributed by atoms with E-state index in [0.717, 1.165) is 24.4 Å². The maximum absolute atomic E-state index is 12.2. The van der Waals surface area contributed by atoms with Crippen LogP contribution in [-0.2, 0) is 12.0 Å². The van der Waals surface area contributed by atoms with Crippen LogP contribution in [0.2, 0.25) is 0 Å². The standard InChI is InChI=1S/C16H22N4OS/c1-16(2,3)15-19-13(9-22-15)14(21)18-12-6-11(7-12)8-20-5-4-17-10-20/h4-5,9-12H,6-8H2,1-3H3,(H,18,21). The molecule has 1 fully saturated rings. The second-order valence-electron chi connectivity index (χ2n) is 7.06. The number of hydrogen-bond acceptors (Lipinski definition) is 4. The highest BCUT2D eigenvalue weighted by molar-refractivity contribution is 7.10. The van der Waals surface area contributed by atoms with Gasteiger partial charge >= 0.3 is 0 Å². The third-order valence-corrected chi connectivity index (χ3v) is 5.25. The molecular weight excluding hydrogens is 296 g/mol. The van der Waals surface area contributed by atoms with E-state index in [4.69, 9.17) is 0 Å². The average molecular weight is 318 g/mol. The third-order valence-electron chi connectivity index (χ3n) is 3.98. The number of rotatable bonds is 4. The zero-order chi connectivity index (χ0) is 15.7. The first kappa shape index (κ1) is 15.2. The van der Waals surface area contributed by atoms with Crippen molar-refractivity contribution in [2.75, 3.05) is 0 Å².